The topological polar surface area (TPSA) is 66.0 Å². The van der Waals surface area contributed by atoms with Gasteiger partial charge in [-0.15, -0.1) is 0 Å². The van der Waals surface area contributed by atoms with Gasteiger partial charge in [-0.3, -0.25) is 19.5 Å². The number of carbonyl (C=O) groups is 2. The first kappa shape index (κ1) is 21.3. The van der Waals surface area contributed by atoms with Crippen molar-refractivity contribution in [2.45, 2.75) is 25.9 Å². The van der Waals surface area contributed by atoms with E-state index in [1.165, 1.54) is 0 Å². The molecule has 0 spiro atoms. The number of piperazine rings is 1. The van der Waals surface area contributed by atoms with Crippen LogP contribution in [0.3, 0.4) is 0 Å². The van der Waals surface area contributed by atoms with E-state index < -0.39 is 0 Å². The molecule has 2 amide bonds. The molecule has 0 saturated carbocycles. The molecule has 1 aromatic heterocycles. The van der Waals surface area contributed by atoms with Crippen LogP contribution in [0.15, 0.2) is 48.7 Å². The second kappa shape index (κ2) is 9.92. The fraction of sp³-hybridized carbons (Fsp3) is 0.458. The van der Waals surface area contributed by atoms with Crippen LogP contribution in [-0.4, -0.2) is 71.3 Å². The number of hydrogen-bond donors (Lipinski definition) is 0. The predicted octanol–water partition coefficient (Wildman–Crippen LogP) is 2.17. The number of amides is 2. The monoisotopic (exact) mass is 422 g/mol. The van der Waals surface area contributed by atoms with Gasteiger partial charge < -0.3 is 14.5 Å². The standard InChI is InChI=1S/C24H30N4O3/c1-31-22-8-3-2-6-19(22)16-28-17-20(9-10-23(28)29)24(30)27-14-12-26(13-15-27)18-21-7-4-5-11-25-21/h2-8,11,20H,9-10,12-18H2,1H3/t20-/m0/s1. The number of benzene rings is 1. The highest BCUT2D eigenvalue weighted by Crippen LogP contribution is 2.25. The summed E-state index contributed by atoms with van der Waals surface area (Å²) in [4.78, 5) is 36.2. The summed E-state index contributed by atoms with van der Waals surface area (Å²) in [6, 6.07) is 13.7. The van der Waals surface area contributed by atoms with E-state index in [2.05, 4.69) is 9.88 Å². The molecule has 0 aliphatic carbocycles. The van der Waals surface area contributed by atoms with Gasteiger partial charge in [0.1, 0.15) is 5.75 Å². The molecule has 4 rings (SSSR count). The Hall–Kier alpha value is -2.93. The maximum absolute atomic E-state index is 13.2. The largest absolute Gasteiger partial charge is 0.496 e. The van der Waals surface area contributed by atoms with E-state index in [0.29, 0.717) is 25.9 Å². The Balaban J connectivity index is 1.32. The Bertz CT molecular complexity index is 897. The van der Waals surface area contributed by atoms with Crippen molar-refractivity contribution in [1.29, 1.82) is 0 Å². The Labute approximate surface area is 183 Å². The molecule has 31 heavy (non-hydrogen) atoms. The molecule has 2 aromatic rings. The molecule has 0 bridgehead atoms. The average molecular weight is 423 g/mol. The van der Waals surface area contributed by atoms with Gasteiger partial charge in [-0.25, -0.2) is 0 Å². The van der Waals surface area contributed by atoms with Crippen molar-refractivity contribution in [2.24, 2.45) is 5.92 Å². The second-order valence-electron chi connectivity index (χ2n) is 8.24. The zero-order chi connectivity index (χ0) is 21.6. The SMILES string of the molecule is COc1ccccc1CN1C[C@@H](C(=O)N2CCN(Cc3ccccn3)CC2)CCC1=O. The van der Waals surface area contributed by atoms with E-state index in [4.69, 9.17) is 4.74 Å². The minimum absolute atomic E-state index is 0.107. The van der Waals surface area contributed by atoms with Crippen LogP contribution in [0.4, 0.5) is 0 Å². The third kappa shape index (κ3) is 5.22. The molecule has 7 nitrogen and oxygen atoms in total. The number of carbonyl (C=O) groups excluding carboxylic acids is 2. The number of pyridine rings is 1. The van der Waals surface area contributed by atoms with Crippen molar-refractivity contribution in [3.63, 3.8) is 0 Å². The van der Waals surface area contributed by atoms with Gasteiger partial charge >= 0.3 is 0 Å². The Morgan fingerprint density at radius 3 is 2.58 bits per heavy atom. The molecule has 1 aromatic carbocycles. The molecule has 0 radical (unpaired) electrons. The van der Waals surface area contributed by atoms with Gasteiger partial charge in [0.15, 0.2) is 0 Å². The first-order valence-electron chi connectivity index (χ1n) is 10.9. The predicted molar refractivity (Wildman–Crippen MR) is 117 cm³/mol. The smallest absolute Gasteiger partial charge is 0.227 e. The minimum atomic E-state index is -0.130. The molecule has 2 aliphatic heterocycles. The lowest BCUT2D eigenvalue weighted by atomic mass is 9.95. The molecule has 1 atom stereocenters. The van der Waals surface area contributed by atoms with Crippen molar-refractivity contribution < 1.29 is 14.3 Å². The third-order valence-corrected chi connectivity index (χ3v) is 6.20. The van der Waals surface area contributed by atoms with Gasteiger partial charge in [0.2, 0.25) is 11.8 Å². The summed E-state index contributed by atoms with van der Waals surface area (Å²) in [5.74, 6) is 0.924. The lowest BCUT2D eigenvalue weighted by Gasteiger charge is -2.39. The number of hydrogen-bond acceptors (Lipinski definition) is 5. The van der Waals surface area contributed by atoms with E-state index >= 15 is 0 Å². The quantitative estimate of drug-likeness (QED) is 0.714. The summed E-state index contributed by atoms with van der Waals surface area (Å²) in [5.41, 5.74) is 2.02. The average Bonchev–Trinajstić information content (AvgIpc) is 2.81. The van der Waals surface area contributed by atoms with E-state index in [0.717, 1.165) is 49.7 Å². The number of rotatable bonds is 6. The van der Waals surface area contributed by atoms with Gasteiger partial charge in [0.25, 0.3) is 0 Å². The van der Waals surface area contributed by atoms with Crippen molar-refractivity contribution in [1.82, 2.24) is 19.7 Å². The molecule has 2 saturated heterocycles. The zero-order valence-electron chi connectivity index (χ0n) is 18.1. The maximum atomic E-state index is 13.2. The van der Waals surface area contributed by atoms with Gasteiger partial charge in [0, 0.05) is 64.0 Å². The number of piperidine rings is 1. The van der Waals surface area contributed by atoms with Crippen LogP contribution in [0.2, 0.25) is 0 Å². The first-order valence-corrected chi connectivity index (χ1v) is 10.9. The summed E-state index contributed by atoms with van der Waals surface area (Å²) in [6.07, 6.45) is 2.87. The van der Waals surface area contributed by atoms with Crippen molar-refractivity contribution in [3.8, 4) is 5.75 Å². The van der Waals surface area contributed by atoms with E-state index in [1.807, 2.05) is 53.6 Å². The number of ether oxygens (including phenoxy) is 1. The molecule has 2 fully saturated rings. The van der Waals surface area contributed by atoms with Crippen LogP contribution in [0.1, 0.15) is 24.1 Å². The van der Waals surface area contributed by atoms with Gasteiger partial charge in [-0.1, -0.05) is 24.3 Å². The molecule has 0 N–H and O–H groups in total. The zero-order valence-corrected chi connectivity index (χ0v) is 18.1. The number of likely N-dealkylation sites (tertiary alicyclic amines) is 1. The minimum Gasteiger partial charge on any atom is -0.496 e. The number of aromatic nitrogens is 1. The fourth-order valence-corrected chi connectivity index (χ4v) is 4.41. The summed E-state index contributed by atoms with van der Waals surface area (Å²) in [5, 5.41) is 0. The highest BCUT2D eigenvalue weighted by Gasteiger charge is 2.34. The highest BCUT2D eigenvalue weighted by molar-refractivity contribution is 5.84. The number of nitrogens with zero attached hydrogens (tertiary/aromatic N) is 4. The van der Waals surface area contributed by atoms with Crippen LogP contribution >= 0.6 is 0 Å². The Morgan fingerprint density at radius 1 is 1.06 bits per heavy atom. The maximum Gasteiger partial charge on any atom is 0.227 e. The normalized spacial score (nSPS) is 20.0. The third-order valence-electron chi connectivity index (χ3n) is 6.20. The molecular weight excluding hydrogens is 392 g/mol. The number of para-hydroxylation sites is 1. The van der Waals surface area contributed by atoms with Crippen molar-refractivity contribution in [2.75, 3.05) is 39.8 Å². The lowest BCUT2D eigenvalue weighted by Crippen LogP contribution is -2.52. The molecule has 0 unspecified atom stereocenters. The number of methoxy groups -OCH3 is 1. The van der Waals surface area contributed by atoms with Crippen LogP contribution in [-0.2, 0) is 22.7 Å². The Morgan fingerprint density at radius 2 is 1.84 bits per heavy atom. The summed E-state index contributed by atoms with van der Waals surface area (Å²) in [7, 11) is 1.64. The summed E-state index contributed by atoms with van der Waals surface area (Å²) >= 11 is 0. The first-order chi connectivity index (χ1) is 15.1. The van der Waals surface area contributed by atoms with Gasteiger partial charge in [-0.2, -0.15) is 0 Å². The van der Waals surface area contributed by atoms with Crippen LogP contribution < -0.4 is 4.74 Å². The van der Waals surface area contributed by atoms with Crippen molar-refractivity contribution in [3.05, 3.63) is 59.9 Å². The Kier molecular flexibility index (Phi) is 6.82. The van der Waals surface area contributed by atoms with Gasteiger partial charge in [0.05, 0.1) is 18.7 Å². The van der Waals surface area contributed by atoms with E-state index in [1.54, 1.807) is 12.0 Å². The second-order valence-corrected chi connectivity index (χ2v) is 8.24. The van der Waals surface area contributed by atoms with E-state index in [-0.39, 0.29) is 17.7 Å². The van der Waals surface area contributed by atoms with Crippen LogP contribution in [0.25, 0.3) is 0 Å². The molecule has 2 aliphatic rings. The van der Waals surface area contributed by atoms with Crippen LogP contribution in [0, 0.1) is 5.92 Å². The lowest BCUT2D eigenvalue weighted by molar-refractivity contribution is -0.144. The molecule has 3 heterocycles. The summed E-state index contributed by atoms with van der Waals surface area (Å²) in [6.45, 7) is 4.91. The van der Waals surface area contributed by atoms with Gasteiger partial charge in [-0.05, 0) is 24.6 Å². The van der Waals surface area contributed by atoms with Crippen molar-refractivity contribution >= 4 is 11.8 Å². The van der Waals surface area contributed by atoms with E-state index in [9.17, 15) is 9.59 Å². The summed E-state index contributed by atoms with van der Waals surface area (Å²) < 4.78 is 5.42. The fourth-order valence-electron chi connectivity index (χ4n) is 4.41. The highest BCUT2D eigenvalue weighted by atomic mass is 16.5. The van der Waals surface area contributed by atoms with Crippen LogP contribution in [0.5, 0.6) is 5.75 Å². The molecule has 164 valence electrons. The molecular formula is C24H30N4O3. The molecule has 7 heteroatoms.